The molecule has 0 heterocycles. The van der Waals surface area contributed by atoms with E-state index in [1.807, 2.05) is 21.1 Å². The average molecular weight is 1060 g/mol. The van der Waals surface area contributed by atoms with Crippen molar-refractivity contribution in [1.29, 1.82) is 0 Å². The summed E-state index contributed by atoms with van der Waals surface area (Å²) in [7, 11) is 1.63. The molecule has 0 aromatic rings. The van der Waals surface area contributed by atoms with Crippen LogP contribution in [0.1, 0.15) is 309 Å². The molecule has 436 valence electrons. The normalized spacial score (nSPS) is 14.1. The summed E-state index contributed by atoms with van der Waals surface area (Å²) in [5.74, 6) is -0.139. The van der Waals surface area contributed by atoms with Crippen molar-refractivity contribution in [3.63, 3.8) is 0 Å². The maximum atomic E-state index is 13.0. The number of phosphoric ester groups is 1. The van der Waals surface area contributed by atoms with E-state index in [0.717, 1.165) is 64.2 Å². The third kappa shape index (κ3) is 58.1. The number of rotatable bonds is 59. The smallest absolute Gasteiger partial charge is 0.391 e. The minimum absolute atomic E-state index is 0.0761. The standard InChI is InChI=1S/C65H125N2O6P/c1-6-8-10-12-14-16-18-20-22-24-26-27-28-29-30-31-32-33-34-35-36-37-38-39-41-43-45-47-49-51-53-55-57-59-65(69)66-63(62-73-74(70,71)72-61-60-67(3,4)5)64(68)58-56-54-52-50-48-46-44-42-40-25-23-21-19-17-15-13-11-9-7-2/h8,10,14,16,20,22,26-27,63-64,68H,6-7,9,11-13,15,17-19,21,23-25,28-62H2,1-5H3,(H-,66,69,70,71)/p+1/b10-8-,16-14-,22-20-,27-26-. The third-order valence-electron chi connectivity index (χ3n) is 14.6. The molecule has 0 spiro atoms. The van der Waals surface area contributed by atoms with Crippen LogP contribution in [0.15, 0.2) is 48.6 Å². The first-order valence-corrected chi connectivity index (χ1v) is 33.5. The van der Waals surface area contributed by atoms with Crippen molar-refractivity contribution in [2.24, 2.45) is 0 Å². The first-order valence-electron chi connectivity index (χ1n) is 32.0. The van der Waals surface area contributed by atoms with E-state index in [-0.39, 0.29) is 19.1 Å². The van der Waals surface area contributed by atoms with Crippen molar-refractivity contribution >= 4 is 13.7 Å². The SMILES string of the molecule is CC/C=C\C/C=C\C/C=C\C/C=C\CCCCCCCCCCCCCCCCCCCCCCC(=O)NC(COP(=O)(O)OCC[N+](C)(C)C)C(O)CCCCCCCCCCCCCCCCCCCCC. The highest BCUT2D eigenvalue weighted by molar-refractivity contribution is 7.47. The molecule has 0 aliphatic rings. The van der Waals surface area contributed by atoms with Crippen molar-refractivity contribution in [2.75, 3.05) is 40.9 Å². The fourth-order valence-corrected chi connectivity index (χ4v) is 10.4. The van der Waals surface area contributed by atoms with Gasteiger partial charge in [-0.3, -0.25) is 13.8 Å². The molecule has 0 aliphatic heterocycles. The molecule has 74 heavy (non-hydrogen) atoms. The number of allylic oxidation sites excluding steroid dienone is 8. The van der Waals surface area contributed by atoms with Gasteiger partial charge in [0.25, 0.3) is 0 Å². The van der Waals surface area contributed by atoms with Gasteiger partial charge in [0.2, 0.25) is 5.91 Å². The zero-order valence-corrected chi connectivity index (χ0v) is 50.7. The topological polar surface area (TPSA) is 105 Å². The monoisotopic (exact) mass is 1060 g/mol. The van der Waals surface area contributed by atoms with Crippen LogP contribution < -0.4 is 5.32 Å². The molecule has 9 heteroatoms. The third-order valence-corrected chi connectivity index (χ3v) is 15.6. The number of aliphatic hydroxyl groups is 1. The zero-order valence-electron chi connectivity index (χ0n) is 49.8. The molecule has 0 aromatic carbocycles. The van der Waals surface area contributed by atoms with Crippen LogP contribution in [-0.2, 0) is 18.4 Å². The zero-order chi connectivity index (χ0) is 54.2. The van der Waals surface area contributed by atoms with Gasteiger partial charge in [-0.15, -0.1) is 0 Å². The van der Waals surface area contributed by atoms with E-state index < -0.39 is 20.0 Å². The Balaban J connectivity index is 4.01. The van der Waals surface area contributed by atoms with E-state index in [1.54, 1.807) is 0 Å². The lowest BCUT2D eigenvalue weighted by Crippen LogP contribution is -2.46. The second-order valence-corrected chi connectivity index (χ2v) is 24.6. The number of carbonyl (C=O) groups is 1. The Morgan fingerprint density at radius 3 is 1.19 bits per heavy atom. The molecule has 0 aliphatic carbocycles. The van der Waals surface area contributed by atoms with Crippen LogP contribution in [0.3, 0.4) is 0 Å². The molecule has 0 fully saturated rings. The Kier molecular flexibility index (Phi) is 55.0. The first kappa shape index (κ1) is 72.5. The van der Waals surface area contributed by atoms with E-state index in [4.69, 9.17) is 9.05 Å². The van der Waals surface area contributed by atoms with Crippen molar-refractivity contribution < 1.29 is 32.9 Å². The molecule has 3 N–H and O–H groups in total. The lowest BCUT2D eigenvalue weighted by Gasteiger charge is -2.26. The highest BCUT2D eigenvalue weighted by atomic mass is 31.2. The van der Waals surface area contributed by atoms with Crippen LogP contribution in [0.4, 0.5) is 0 Å². The van der Waals surface area contributed by atoms with E-state index in [9.17, 15) is 19.4 Å². The number of hydrogen-bond donors (Lipinski definition) is 3. The van der Waals surface area contributed by atoms with Gasteiger partial charge in [0.1, 0.15) is 13.2 Å². The van der Waals surface area contributed by atoms with Crippen LogP contribution in [0.25, 0.3) is 0 Å². The van der Waals surface area contributed by atoms with Crippen molar-refractivity contribution in [3.8, 4) is 0 Å². The summed E-state index contributed by atoms with van der Waals surface area (Å²) >= 11 is 0. The second kappa shape index (κ2) is 56.2. The maximum Gasteiger partial charge on any atom is 0.472 e. The molecule has 0 rings (SSSR count). The minimum atomic E-state index is -4.32. The van der Waals surface area contributed by atoms with Gasteiger partial charge in [-0.05, 0) is 51.4 Å². The number of quaternary nitrogens is 1. The summed E-state index contributed by atoms with van der Waals surface area (Å²) in [6.45, 7) is 4.82. The summed E-state index contributed by atoms with van der Waals surface area (Å²) in [6.07, 6.45) is 74.8. The van der Waals surface area contributed by atoms with E-state index >= 15 is 0 Å². The van der Waals surface area contributed by atoms with Crippen LogP contribution in [0.5, 0.6) is 0 Å². The van der Waals surface area contributed by atoms with Crippen molar-refractivity contribution in [1.82, 2.24) is 5.32 Å². The highest BCUT2D eigenvalue weighted by Gasteiger charge is 2.28. The summed E-state index contributed by atoms with van der Waals surface area (Å²) in [6, 6.07) is -0.760. The highest BCUT2D eigenvalue weighted by Crippen LogP contribution is 2.43. The van der Waals surface area contributed by atoms with E-state index in [0.29, 0.717) is 23.9 Å². The number of nitrogens with zero attached hydrogens (tertiary/aromatic N) is 1. The summed E-state index contributed by atoms with van der Waals surface area (Å²) in [5.41, 5.74) is 0. The number of phosphoric acid groups is 1. The number of aliphatic hydroxyl groups excluding tert-OH is 1. The fraction of sp³-hybridized carbons (Fsp3) is 0.862. The lowest BCUT2D eigenvalue weighted by atomic mass is 10.0. The van der Waals surface area contributed by atoms with Gasteiger partial charge in [-0.25, -0.2) is 4.57 Å². The van der Waals surface area contributed by atoms with Gasteiger partial charge in [-0.2, -0.15) is 0 Å². The van der Waals surface area contributed by atoms with Gasteiger partial charge in [-0.1, -0.05) is 300 Å². The van der Waals surface area contributed by atoms with Gasteiger partial charge in [0.15, 0.2) is 0 Å². The number of carbonyl (C=O) groups excluding carboxylic acids is 1. The molecule has 0 bridgehead atoms. The number of hydrogen-bond acceptors (Lipinski definition) is 5. The quantitative estimate of drug-likeness (QED) is 0.0243. The number of amides is 1. The first-order chi connectivity index (χ1) is 36.0. The Morgan fingerprint density at radius 1 is 0.473 bits per heavy atom. The molecule has 1 amide bonds. The van der Waals surface area contributed by atoms with Crippen LogP contribution >= 0.6 is 7.82 Å². The van der Waals surface area contributed by atoms with Crippen LogP contribution in [0, 0.1) is 0 Å². The maximum absolute atomic E-state index is 13.0. The fourth-order valence-electron chi connectivity index (χ4n) is 9.63. The molecule has 0 radical (unpaired) electrons. The molecular formula is C65H126N2O6P+. The molecule has 0 saturated carbocycles. The molecule has 3 unspecified atom stereocenters. The molecule has 8 nitrogen and oxygen atoms in total. The number of unbranched alkanes of at least 4 members (excludes halogenated alkanes) is 38. The number of likely N-dealkylation sites (N-methyl/N-ethyl adjacent to an activating group) is 1. The van der Waals surface area contributed by atoms with Gasteiger partial charge in [0.05, 0.1) is 39.9 Å². The second-order valence-electron chi connectivity index (χ2n) is 23.1. The predicted molar refractivity (Wildman–Crippen MR) is 323 cm³/mol. The lowest BCUT2D eigenvalue weighted by molar-refractivity contribution is -0.870. The molecule has 0 aromatic heterocycles. The van der Waals surface area contributed by atoms with Gasteiger partial charge in [0, 0.05) is 6.42 Å². The minimum Gasteiger partial charge on any atom is -0.391 e. The van der Waals surface area contributed by atoms with E-state index in [1.165, 1.54) is 218 Å². The van der Waals surface area contributed by atoms with Crippen molar-refractivity contribution in [3.05, 3.63) is 48.6 Å². The Bertz CT molecular complexity index is 1340. The summed E-state index contributed by atoms with van der Waals surface area (Å²) < 4.78 is 23.8. The van der Waals surface area contributed by atoms with Gasteiger partial charge < -0.3 is 19.8 Å². The molecule has 0 saturated heterocycles. The number of nitrogens with one attached hydrogen (secondary N) is 1. The van der Waals surface area contributed by atoms with Crippen molar-refractivity contribution in [2.45, 2.75) is 321 Å². The summed E-state index contributed by atoms with van der Waals surface area (Å²) in [4.78, 5) is 23.4. The molecule has 3 atom stereocenters. The largest absolute Gasteiger partial charge is 0.472 e. The summed E-state index contributed by atoms with van der Waals surface area (Å²) in [5, 5.41) is 14.1. The Morgan fingerprint density at radius 2 is 0.811 bits per heavy atom. The van der Waals surface area contributed by atoms with Crippen LogP contribution in [-0.4, -0.2) is 73.4 Å². The Labute approximate surface area is 460 Å². The molecular weight excluding hydrogens is 936 g/mol. The average Bonchev–Trinajstić information content (AvgIpc) is 3.36. The van der Waals surface area contributed by atoms with Crippen LogP contribution in [0.2, 0.25) is 0 Å². The van der Waals surface area contributed by atoms with Gasteiger partial charge >= 0.3 is 7.82 Å². The Hall–Kier alpha value is -1.54. The van der Waals surface area contributed by atoms with E-state index in [2.05, 4.69) is 67.8 Å². The predicted octanol–water partition coefficient (Wildman–Crippen LogP) is 19.9.